The Hall–Kier alpha value is -2.12. The summed E-state index contributed by atoms with van der Waals surface area (Å²) in [5, 5.41) is 2.96. The zero-order chi connectivity index (χ0) is 18.4. The molecule has 0 fully saturated rings. The Morgan fingerprint density at radius 1 is 1.32 bits per heavy atom. The highest BCUT2D eigenvalue weighted by Crippen LogP contribution is 2.33. The van der Waals surface area contributed by atoms with E-state index in [0.717, 1.165) is 4.47 Å². The molecule has 0 spiro atoms. The number of rotatable bonds is 6. The molecule has 0 saturated carbocycles. The predicted octanol–water partition coefficient (Wildman–Crippen LogP) is 5.36. The highest BCUT2D eigenvalue weighted by atomic mass is 79.9. The van der Waals surface area contributed by atoms with E-state index >= 15 is 0 Å². The van der Waals surface area contributed by atoms with Gasteiger partial charge in [0.2, 0.25) is 5.91 Å². The van der Waals surface area contributed by atoms with Crippen LogP contribution in [0, 0.1) is 0 Å². The molecule has 8 heteroatoms. The van der Waals surface area contributed by atoms with Crippen molar-refractivity contribution in [3.05, 3.63) is 57.5 Å². The quantitative estimate of drug-likeness (QED) is 0.625. The maximum Gasteiger partial charge on any atom is 0.387 e. The fourth-order valence-electron chi connectivity index (χ4n) is 1.97. The van der Waals surface area contributed by atoms with E-state index in [0.29, 0.717) is 10.7 Å². The van der Waals surface area contributed by atoms with Gasteiger partial charge in [0.05, 0.1) is 17.8 Å². The van der Waals surface area contributed by atoms with Gasteiger partial charge < -0.3 is 14.8 Å². The lowest BCUT2D eigenvalue weighted by molar-refractivity contribution is -0.111. The fraction of sp³-hybridized carbons (Fsp3) is 0.118. The first-order valence-corrected chi connectivity index (χ1v) is 8.13. The van der Waals surface area contributed by atoms with Gasteiger partial charge in [0.15, 0.2) is 11.5 Å². The van der Waals surface area contributed by atoms with Crippen LogP contribution in [0.4, 0.5) is 14.5 Å². The highest BCUT2D eigenvalue weighted by Gasteiger charge is 2.14. The van der Waals surface area contributed by atoms with Crippen LogP contribution in [-0.4, -0.2) is 19.6 Å². The molecule has 4 nitrogen and oxygen atoms in total. The van der Waals surface area contributed by atoms with E-state index in [1.165, 1.54) is 31.4 Å². The number of benzene rings is 2. The Labute approximate surface area is 156 Å². The van der Waals surface area contributed by atoms with Crippen LogP contribution in [0.2, 0.25) is 5.02 Å². The van der Waals surface area contributed by atoms with E-state index in [1.54, 1.807) is 24.3 Å². The Morgan fingerprint density at radius 3 is 2.72 bits per heavy atom. The van der Waals surface area contributed by atoms with E-state index in [9.17, 15) is 13.6 Å². The monoisotopic (exact) mass is 431 g/mol. The van der Waals surface area contributed by atoms with Crippen LogP contribution in [0.1, 0.15) is 5.56 Å². The molecule has 25 heavy (non-hydrogen) atoms. The number of para-hydroxylation sites is 1. The number of halogens is 4. The van der Waals surface area contributed by atoms with E-state index in [4.69, 9.17) is 16.3 Å². The molecule has 0 heterocycles. The number of methoxy groups -OCH3 is 1. The number of carbonyl (C=O) groups is 1. The second-order valence-electron chi connectivity index (χ2n) is 4.70. The number of amides is 1. The Balaban J connectivity index is 2.19. The second-order valence-corrected chi connectivity index (χ2v) is 6.03. The maximum absolute atomic E-state index is 12.6. The van der Waals surface area contributed by atoms with Gasteiger partial charge in [-0.25, -0.2) is 0 Å². The summed E-state index contributed by atoms with van der Waals surface area (Å²) in [7, 11) is 1.34. The van der Waals surface area contributed by atoms with E-state index < -0.39 is 12.5 Å². The van der Waals surface area contributed by atoms with Crippen molar-refractivity contribution in [1.82, 2.24) is 0 Å². The van der Waals surface area contributed by atoms with E-state index in [1.807, 2.05) is 0 Å². The van der Waals surface area contributed by atoms with Crippen molar-refractivity contribution < 1.29 is 23.0 Å². The summed E-state index contributed by atoms with van der Waals surface area (Å²) < 4.78 is 35.4. The molecule has 0 atom stereocenters. The molecule has 0 unspecified atom stereocenters. The molecule has 0 aromatic heterocycles. The topological polar surface area (TPSA) is 47.6 Å². The smallest absolute Gasteiger partial charge is 0.387 e. The molecule has 2 aromatic rings. The Bertz CT molecular complexity index is 799. The average Bonchev–Trinajstić information content (AvgIpc) is 2.56. The first kappa shape index (κ1) is 19.2. The summed E-state index contributed by atoms with van der Waals surface area (Å²) in [6.45, 7) is -3.01. The van der Waals surface area contributed by atoms with Gasteiger partial charge in [-0.1, -0.05) is 39.7 Å². The second kappa shape index (κ2) is 8.82. The summed E-state index contributed by atoms with van der Waals surface area (Å²) in [4.78, 5) is 12.0. The van der Waals surface area contributed by atoms with Gasteiger partial charge in [0.1, 0.15) is 0 Å². The third-order valence-electron chi connectivity index (χ3n) is 3.04. The van der Waals surface area contributed by atoms with Crippen molar-refractivity contribution in [3.8, 4) is 11.5 Å². The van der Waals surface area contributed by atoms with Gasteiger partial charge in [-0.3, -0.25) is 4.79 Å². The van der Waals surface area contributed by atoms with E-state index in [2.05, 4.69) is 26.0 Å². The minimum absolute atomic E-state index is 0.138. The summed E-state index contributed by atoms with van der Waals surface area (Å²) in [5.41, 5.74) is 0.700. The summed E-state index contributed by atoms with van der Waals surface area (Å²) in [6, 6.07) is 9.60. The molecule has 0 saturated heterocycles. The molecule has 1 amide bonds. The van der Waals surface area contributed by atoms with Crippen molar-refractivity contribution in [2.75, 3.05) is 12.4 Å². The van der Waals surface area contributed by atoms with Crippen LogP contribution >= 0.6 is 27.5 Å². The molecular weight excluding hydrogens is 420 g/mol. The van der Waals surface area contributed by atoms with Crippen LogP contribution in [0.5, 0.6) is 11.5 Å². The van der Waals surface area contributed by atoms with Crippen LogP contribution in [0.15, 0.2) is 46.9 Å². The van der Waals surface area contributed by atoms with Crippen LogP contribution < -0.4 is 14.8 Å². The van der Waals surface area contributed by atoms with Crippen molar-refractivity contribution in [2.45, 2.75) is 6.61 Å². The zero-order valence-corrected chi connectivity index (χ0v) is 15.3. The zero-order valence-electron chi connectivity index (χ0n) is 12.9. The Kier molecular flexibility index (Phi) is 6.78. The molecule has 2 aromatic carbocycles. The standard InChI is InChI=1S/C17H13BrClF2NO3/c1-24-14-4-2-3-10(16(14)25-17(20)21)5-8-15(23)22-13-7-6-11(18)9-12(13)19/h2-9,17H,1H3,(H,22,23)/b8-5+. The van der Waals surface area contributed by atoms with Crippen LogP contribution in [-0.2, 0) is 4.79 Å². The number of alkyl halides is 2. The van der Waals surface area contributed by atoms with Gasteiger partial charge in [-0.05, 0) is 30.3 Å². The van der Waals surface area contributed by atoms with Gasteiger partial charge >= 0.3 is 6.61 Å². The number of hydrogen-bond acceptors (Lipinski definition) is 3. The van der Waals surface area contributed by atoms with Gasteiger partial charge in [-0.2, -0.15) is 8.78 Å². The molecule has 2 rings (SSSR count). The van der Waals surface area contributed by atoms with Crippen LogP contribution in [0.25, 0.3) is 6.08 Å². The maximum atomic E-state index is 12.6. The molecule has 132 valence electrons. The van der Waals surface area contributed by atoms with Crippen molar-refractivity contribution >= 4 is 45.2 Å². The minimum atomic E-state index is -3.01. The SMILES string of the molecule is COc1cccc(/C=C/C(=O)Nc2ccc(Br)cc2Cl)c1OC(F)F. The first-order valence-electron chi connectivity index (χ1n) is 6.96. The molecule has 0 radical (unpaired) electrons. The normalized spacial score (nSPS) is 11.0. The molecule has 0 aliphatic heterocycles. The summed E-state index contributed by atoms with van der Waals surface area (Å²) in [6.07, 6.45) is 2.54. The Morgan fingerprint density at radius 2 is 2.08 bits per heavy atom. The molecule has 0 aliphatic carbocycles. The molecule has 0 aliphatic rings. The highest BCUT2D eigenvalue weighted by molar-refractivity contribution is 9.10. The fourth-order valence-corrected chi connectivity index (χ4v) is 2.69. The summed E-state index contributed by atoms with van der Waals surface area (Å²) >= 11 is 9.29. The average molecular weight is 433 g/mol. The van der Waals surface area contributed by atoms with E-state index in [-0.39, 0.29) is 17.1 Å². The molecule has 0 bridgehead atoms. The lowest BCUT2D eigenvalue weighted by Gasteiger charge is -2.12. The number of nitrogens with one attached hydrogen (secondary N) is 1. The van der Waals surface area contributed by atoms with Crippen molar-refractivity contribution in [1.29, 1.82) is 0 Å². The number of carbonyl (C=O) groups excluding carboxylic acids is 1. The molecular formula is C17H13BrClF2NO3. The third-order valence-corrected chi connectivity index (χ3v) is 3.85. The van der Waals surface area contributed by atoms with Crippen molar-refractivity contribution in [2.24, 2.45) is 0 Å². The summed E-state index contributed by atoms with van der Waals surface area (Å²) in [5.74, 6) is -0.487. The minimum Gasteiger partial charge on any atom is -0.493 e. The number of anilines is 1. The lowest BCUT2D eigenvalue weighted by atomic mass is 10.1. The largest absolute Gasteiger partial charge is 0.493 e. The lowest BCUT2D eigenvalue weighted by Crippen LogP contribution is -2.08. The first-order chi connectivity index (χ1) is 11.9. The number of hydrogen-bond donors (Lipinski definition) is 1. The molecule has 1 N–H and O–H groups in total. The van der Waals surface area contributed by atoms with Crippen molar-refractivity contribution in [3.63, 3.8) is 0 Å². The van der Waals surface area contributed by atoms with Gasteiger partial charge in [-0.15, -0.1) is 0 Å². The van der Waals surface area contributed by atoms with Crippen LogP contribution in [0.3, 0.4) is 0 Å². The number of ether oxygens (including phenoxy) is 2. The predicted molar refractivity (Wildman–Crippen MR) is 96.4 cm³/mol. The van der Waals surface area contributed by atoms with Gasteiger partial charge in [0.25, 0.3) is 0 Å². The van der Waals surface area contributed by atoms with Gasteiger partial charge in [0, 0.05) is 16.1 Å². The third kappa shape index (κ3) is 5.44.